The first kappa shape index (κ1) is 16.8. The van der Waals surface area contributed by atoms with Gasteiger partial charge >= 0.3 is 0 Å². The molecule has 1 aliphatic rings. The number of methoxy groups -OCH3 is 1. The van der Waals surface area contributed by atoms with Crippen molar-refractivity contribution < 1.29 is 4.74 Å². The zero-order valence-corrected chi connectivity index (χ0v) is 14.9. The second-order valence-corrected chi connectivity index (χ2v) is 7.01. The second kappa shape index (κ2) is 8.16. The number of ether oxygens (including phenoxy) is 1. The van der Waals surface area contributed by atoms with Gasteiger partial charge in [-0.25, -0.2) is 0 Å². The van der Waals surface area contributed by atoms with Gasteiger partial charge in [-0.3, -0.25) is 4.90 Å². The number of rotatable bonds is 7. The van der Waals surface area contributed by atoms with Gasteiger partial charge in [-0.15, -0.1) is 0 Å². The highest BCUT2D eigenvalue weighted by atomic mass is 79.9. The number of benzene rings is 1. The Hall–Kier alpha value is -0.580. The van der Waals surface area contributed by atoms with E-state index in [9.17, 15) is 0 Å². The molecular formula is C17H27BrN2O. The molecule has 1 atom stereocenters. The summed E-state index contributed by atoms with van der Waals surface area (Å²) in [7, 11) is 1.70. The van der Waals surface area contributed by atoms with Gasteiger partial charge in [-0.05, 0) is 65.5 Å². The Morgan fingerprint density at radius 2 is 2.00 bits per heavy atom. The smallest absolute Gasteiger partial charge is 0.133 e. The number of likely N-dealkylation sites (tertiary alicyclic amines) is 1. The van der Waals surface area contributed by atoms with E-state index in [4.69, 9.17) is 4.74 Å². The maximum atomic E-state index is 5.27. The van der Waals surface area contributed by atoms with Crippen LogP contribution >= 0.6 is 15.9 Å². The van der Waals surface area contributed by atoms with E-state index in [-0.39, 0.29) is 0 Å². The number of halogens is 1. The molecule has 1 aromatic rings. The van der Waals surface area contributed by atoms with Crippen molar-refractivity contribution in [1.82, 2.24) is 10.2 Å². The molecule has 1 aromatic carbocycles. The molecule has 0 aromatic heterocycles. The summed E-state index contributed by atoms with van der Waals surface area (Å²) in [6.07, 6.45) is 2.71. The summed E-state index contributed by atoms with van der Waals surface area (Å²) in [6.45, 7) is 9.14. The Balaban J connectivity index is 1.85. The van der Waals surface area contributed by atoms with Crippen molar-refractivity contribution in [3.05, 3.63) is 28.2 Å². The van der Waals surface area contributed by atoms with Crippen LogP contribution < -0.4 is 10.1 Å². The van der Waals surface area contributed by atoms with E-state index in [0.717, 1.165) is 23.3 Å². The summed E-state index contributed by atoms with van der Waals surface area (Å²) < 4.78 is 6.29. The van der Waals surface area contributed by atoms with Gasteiger partial charge in [0.1, 0.15) is 5.75 Å². The van der Waals surface area contributed by atoms with E-state index in [0.29, 0.717) is 12.0 Å². The third-order valence-corrected chi connectivity index (χ3v) is 4.90. The van der Waals surface area contributed by atoms with E-state index in [1.165, 1.54) is 31.5 Å². The van der Waals surface area contributed by atoms with E-state index < -0.39 is 0 Å². The van der Waals surface area contributed by atoms with Crippen molar-refractivity contribution in [3.8, 4) is 5.75 Å². The first-order chi connectivity index (χ1) is 10.1. The molecule has 0 amide bonds. The highest BCUT2D eigenvalue weighted by molar-refractivity contribution is 9.10. The van der Waals surface area contributed by atoms with Crippen LogP contribution in [0.25, 0.3) is 0 Å². The molecule has 1 saturated heterocycles. The molecule has 1 unspecified atom stereocenters. The highest BCUT2D eigenvalue weighted by Crippen LogP contribution is 2.25. The lowest BCUT2D eigenvalue weighted by Gasteiger charge is -2.31. The number of hydrogen-bond acceptors (Lipinski definition) is 3. The Kier molecular flexibility index (Phi) is 6.52. The molecular weight excluding hydrogens is 328 g/mol. The third kappa shape index (κ3) is 4.70. The van der Waals surface area contributed by atoms with Gasteiger partial charge in [-0.2, -0.15) is 0 Å². The molecule has 0 spiro atoms. The van der Waals surface area contributed by atoms with Crippen LogP contribution in [0.2, 0.25) is 0 Å². The van der Waals surface area contributed by atoms with Gasteiger partial charge < -0.3 is 10.1 Å². The molecule has 0 radical (unpaired) electrons. The third-order valence-electron chi connectivity index (χ3n) is 4.28. The standard InChI is InChI=1S/C17H27BrN2O/c1-13(2)16(20-8-4-5-9-20)12-19-11-14-6-7-17(21-3)15(18)10-14/h6-7,10,13,16,19H,4-5,8-9,11-12H2,1-3H3. The van der Waals surface area contributed by atoms with Gasteiger partial charge in [0.2, 0.25) is 0 Å². The molecule has 1 heterocycles. The van der Waals surface area contributed by atoms with Crippen LogP contribution in [0.4, 0.5) is 0 Å². The Bertz CT molecular complexity index is 444. The van der Waals surface area contributed by atoms with Crippen molar-refractivity contribution in [2.75, 3.05) is 26.7 Å². The molecule has 1 N–H and O–H groups in total. The summed E-state index contributed by atoms with van der Waals surface area (Å²) >= 11 is 3.54. The fourth-order valence-corrected chi connectivity index (χ4v) is 3.63. The predicted octanol–water partition coefficient (Wildman–Crippen LogP) is 3.67. The summed E-state index contributed by atoms with van der Waals surface area (Å²) in [5, 5.41) is 3.62. The van der Waals surface area contributed by atoms with Gasteiger partial charge in [0.25, 0.3) is 0 Å². The lowest BCUT2D eigenvalue weighted by molar-refractivity contribution is 0.186. The first-order valence-corrected chi connectivity index (χ1v) is 8.68. The number of nitrogens with zero attached hydrogens (tertiary/aromatic N) is 1. The Morgan fingerprint density at radius 1 is 1.29 bits per heavy atom. The van der Waals surface area contributed by atoms with Crippen molar-refractivity contribution in [3.63, 3.8) is 0 Å². The SMILES string of the molecule is COc1ccc(CNCC(C(C)C)N2CCCC2)cc1Br. The highest BCUT2D eigenvalue weighted by Gasteiger charge is 2.23. The van der Waals surface area contributed by atoms with E-state index in [1.807, 2.05) is 6.07 Å². The second-order valence-electron chi connectivity index (χ2n) is 6.15. The largest absolute Gasteiger partial charge is 0.496 e. The molecule has 0 saturated carbocycles. The number of nitrogens with one attached hydrogen (secondary N) is 1. The zero-order chi connectivity index (χ0) is 15.2. The van der Waals surface area contributed by atoms with Gasteiger partial charge in [0.05, 0.1) is 11.6 Å². The van der Waals surface area contributed by atoms with Crippen molar-refractivity contribution >= 4 is 15.9 Å². The van der Waals surface area contributed by atoms with Crippen LogP contribution in [0.15, 0.2) is 22.7 Å². The van der Waals surface area contributed by atoms with Gasteiger partial charge in [-0.1, -0.05) is 19.9 Å². The molecule has 21 heavy (non-hydrogen) atoms. The lowest BCUT2D eigenvalue weighted by Crippen LogP contribution is -2.44. The zero-order valence-electron chi connectivity index (χ0n) is 13.4. The molecule has 2 rings (SSSR count). The fourth-order valence-electron chi connectivity index (χ4n) is 3.04. The van der Waals surface area contributed by atoms with Crippen LogP contribution in [0.5, 0.6) is 5.75 Å². The van der Waals surface area contributed by atoms with Crippen LogP contribution in [0.3, 0.4) is 0 Å². The Labute approximate surface area is 137 Å². The van der Waals surface area contributed by atoms with Crippen molar-refractivity contribution in [2.45, 2.75) is 39.3 Å². The van der Waals surface area contributed by atoms with Crippen LogP contribution in [0.1, 0.15) is 32.3 Å². The van der Waals surface area contributed by atoms with E-state index in [1.54, 1.807) is 7.11 Å². The predicted molar refractivity (Wildman–Crippen MR) is 91.8 cm³/mol. The molecule has 0 aliphatic carbocycles. The lowest BCUT2D eigenvalue weighted by atomic mass is 10.0. The summed E-state index contributed by atoms with van der Waals surface area (Å²) in [5.41, 5.74) is 1.28. The average molecular weight is 355 g/mol. The minimum atomic E-state index is 0.647. The monoisotopic (exact) mass is 354 g/mol. The Morgan fingerprint density at radius 3 is 2.57 bits per heavy atom. The topological polar surface area (TPSA) is 24.5 Å². The molecule has 3 nitrogen and oxygen atoms in total. The minimum absolute atomic E-state index is 0.647. The summed E-state index contributed by atoms with van der Waals surface area (Å²) in [6, 6.07) is 6.92. The normalized spacial score (nSPS) is 17.4. The summed E-state index contributed by atoms with van der Waals surface area (Å²) in [5.74, 6) is 1.58. The molecule has 118 valence electrons. The quantitative estimate of drug-likeness (QED) is 0.808. The van der Waals surface area contributed by atoms with E-state index in [2.05, 4.69) is 52.1 Å². The maximum Gasteiger partial charge on any atom is 0.133 e. The minimum Gasteiger partial charge on any atom is -0.496 e. The van der Waals surface area contributed by atoms with Crippen molar-refractivity contribution in [1.29, 1.82) is 0 Å². The van der Waals surface area contributed by atoms with Crippen LogP contribution in [-0.2, 0) is 6.54 Å². The van der Waals surface area contributed by atoms with Crippen molar-refractivity contribution in [2.24, 2.45) is 5.92 Å². The van der Waals surface area contributed by atoms with Crippen LogP contribution in [-0.4, -0.2) is 37.7 Å². The summed E-state index contributed by atoms with van der Waals surface area (Å²) in [4.78, 5) is 2.64. The molecule has 1 aliphatic heterocycles. The van der Waals surface area contributed by atoms with Gasteiger partial charge in [0, 0.05) is 19.1 Å². The maximum absolute atomic E-state index is 5.27. The van der Waals surface area contributed by atoms with E-state index >= 15 is 0 Å². The molecule has 4 heteroatoms. The fraction of sp³-hybridized carbons (Fsp3) is 0.647. The van der Waals surface area contributed by atoms with Gasteiger partial charge in [0.15, 0.2) is 0 Å². The average Bonchev–Trinajstić information content (AvgIpc) is 2.97. The first-order valence-electron chi connectivity index (χ1n) is 7.89. The molecule has 0 bridgehead atoms. The van der Waals surface area contributed by atoms with Crippen LogP contribution in [0, 0.1) is 5.92 Å². The number of hydrogen-bond donors (Lipinski definition) is 1. The molecule has 1 fully saturated rings.